The molecule has 0 aliphatic heterocycles. The topological polar surface area (TPSA) is 84.5 Å². The Labute approximate surface area is 169 Å². The molecule has 0 saturated heterocycles. The zero-order chi connectivity index (χ0) is 21.0. The van der Waals surface area contributed by atoms with Crippen LogP contribution >= 0.6 is 0 Å². The van der Waals surface area contributed by atoms with E-state index in [0.717, 1.165) is 5.56 Å². The summed E-state index contributed by atoms with van der Waals surface area (Å²) in [6.07, 6.45) is -0.956. The highest BCUT2D eigenvalue weighted by molar-refractivity contribution is 5.99. The van der Waals surface area contributed by atoms with Crippen LogP contribution in [0.1, 0.15) is 19.5 Å². The third-order valence-electron chi connectivity index (χ3n) is 4.66. The van der Waals surface area contributed by atoms with Crippen molar-refractivity contribution >= 4 is 10.8 Å². The number of hydrogen-bond donors (Lipinski definition) is 1. The van der Waals surface area contributed by atoms with Gasteiger partial charge in [-0.05, 0) is 37.6 Å². The number of methoxy groups -OCH3 is 1. The third-order valence-corrected chi connectivity index (χ3v) is 4.66. The molecule has 6 heteroatoms. The lowest BCUT2D eigenvalue weighted by atomic mass is 9.96. The van der Waals surface area contributed by atoms with E-state index in [1.807, 2.05) is 44.2 Å². The molecule has 0 aliphatic carbocycles. The van der Waals surface area contributed by atoms with Gasteiger partial charge in [-0.25, -0.2) is 0 Å². The number of nitrogens with zero attached hydrogens (tertiary/aromatic N) is 2. The Bertz CT molecular complexity index is 1100. The maximum atomic E-state index is 13.2. The van der Waals surface area contributed by atoms with Gasteiger partial charge in [0.2, 0.25) is 0 Å². The van der Waals surface area contributed by atoms with E-state index in [2.05, 4.69) is 6.07 Å². The van der Waals surface area contributed by atoms with Crippen LogP contribution in [0, 0.1) is 11.3 Å². The number of rotatable bonds is 7. The summed E-state index contributed by atoms with van der Waals surface area (Å²) in [6, 6.07) is 16.8. The number of hydrogen-bond acceptors (Lipinski definition) is 5. The van der Waals surface area contributed by atoms with Crippen molar-refractivity contribution in [1.29, 1.82) is 5.26 Å². The molecule has 3 rings (SSSR count). The van der Waals surface area contributed by atoms with Gasteiger partial charge in [0.15, 0.2) is 0 Å². The summed E-state index contributed by atoms with van der Waals surface area (Å²) in [4.78, 5) is 13.2. The van der Waals surface area contributed by atoms with Gasteiger partial charge in [-0.15, -0.1) is 0 Å². The summed E-state index contributed by atoms with van der Waals surface area (Å²) < 4.78 is 12.1. The minimum atomic E-state index is -0.915. The SMILES string of the molecule is COc1ccc2c(=O)n(CC(O)COC(C)C)c(C#N)c(-c3ccccc3)c2c1. The van der Waals surface area contributed by atoms with Gasteiger partial charge < -0.3 is 14.6 Å². The maximum Gasteiger partial charge on any atom is 0.259 e. The van der Waals surface area contributed by atoms with Gasteiger partial charge in [0.1, 0.15) is 17.5 Å². The Kier molecular flexibility index (Phi) is 6.32. The van der Waals surface area contributed by atoms with Crippen LogP contribution in [-0.4, -0.2) is 35.6 Å². The number of aliphatic hydroxyl groups is 1. The summed E-state index contributed by atoms with van der Waals surface area (Å²) in [5, 5.41) is 21.4. The predicted octanol–water partition coefficient (Wildman–Crippen LogP) is 3.33. The minimum Gasteiger partial charge on any atom is -0.497 e. The van der Waals surface area contributed by atoms with Crippen LogP contribution < -0.4 is 10.3 Å². The standard InChI is InChI=1S/C23H24N2O4/c1-15(2)29-14-17(26)13-25-21(12-24)22(16-7-5-4-6-8-16)20-11-18(28-3)9-10-19(20)23(25)27/h4-11,15,17,26H,13-14H2,1-3H3. The molecule has 6 nitrogen and oxygen atoms in total. The molecule has 0 radical (unpaired) electrons. The van der Waals surface area contributed by atoms with Crippen LogP contribution in [0.3, 0.4) is 0 Å². The smallest absolute Gasteiger partial charge is 0.259 e. The van der Waals surface area contributed by atoms with Crippen molar-refractivity contribution in [2.24, 2.45) is 0 Å². The summed E-state index contributed by atoms with van der Waals surface area (Å²) in [5.41, 5.74) is 1.32. The van der Waals surface area contributed by atoms with Crippen molar-refractivity contribution in [2.45, 2.75) is 32.6 Å². The maximum absolute atomic E-state index is 13.2. The second-order valence-electron chi connectivity index (χ2n) is 7.06. The van der Waals surface area contributed by atoms with Gasteiger partial charge in [0.05, 0.1) is 32.5 Å². The summed E-state index contributed by atoms with van der Waals surface area (Å²) in [7, 11) is 1.56. The Morgan fingerprint density at radius 1 is 1.14 bits per heavy atom. The van der Waals surface area contributed by atoms with Crippen LogP contribution in [0.25, 0.3) is 21.9 Å². The zero-order valence-electron chi connectivity index (χ0n) is 16.8. The molecule has 3 aromatic rings. The van der Waals surface area contributed by atoms with E-state index in [-0.39, 0.29) is 30.5 Å². The number of pyridine rings is 1. The monoisotopic (exact) mass is 392 g/mol. The van der Waals surface area contributed by atoms with Gasteiger partial charge in [-0.2, -0.15) is 5.26 Å². The van der Waals surface area contributed by atoms with E-state index in [4.69, 9.17) is 9.47 Å². The first-order valence-electron chi connectivity index (χ1n) is 9.46. The second kappa shape index (κ2) is 8.91. The lowest BCUT2D eigenvalue weighted by molar-refractivity contribution is -0.00108. The van der Waals surface area contributed by atoms with Crippen LogP contribution in [0.15, 0.2) is 53.3 Å². The average molecular weight is 392 g/mol. The van der Waals surface area contributed by atoms with E-state index in [0.29, 0.717) is 22.1 Å². The highest BCUT2D eigenvalue weighted by atomic mass is 16.5. The fraction of sp³-hybridized carbons (Fsp3) is 0.304. The highest BCUT2D eigenvalue weighted by Gasteiger charge is 2.20. The fourth-order valence-electron chi connectivity index (χ4n) is 3.31. The normalized spacial score (nSPS) is 12.1. The molecule has 29 heavy (non-hydrogen) atoms. The third kappa shape index (κ3) is 4.32. The largest absolute Gasteiger partial charge is 0.497 e. The predicted molar refractivity (Wildman–Crippen MR) is 112 cm³/mol. The first-order chi connectivity index (χ1) is 14.0. The van der Waals surface area contributed by atoms with Crippen molar-refractivity contribution < 1.29 is 14.6 Å². The minimum absolute atomic E-state index is 0.0315. The molecular weight excluding hydrogens is 368 g/mol. The molecule has 2 aromatic carbocycles. The van der Waals surface area contributed by atoms with Crippen LogP contribution in [-0.2, 0) is 11.3 Å². The summed E-state index contributed by atoms with van der Waals surface area (Å²) >= 11 is 0. The van der Waals surface area contributed by atoms with Crippen molar-refractivity contribution in [3.05, 3.63) is 64.6 Å². The number of aliphatic hydroxyl groups excluding tert-OH is 1. The van der Waals surface area contributed by atoms with Gasteiger partial charge in [-0.1, -0.05) is 30.3 Å². The molecule has 150 valence electrons. The van der Waals surface area contributed by atoms with E-state index in [9.17, 15) is 15.2 Å². The van der Waals surface area contributed by atoms with Gasteiger partial charge in [-0.3, -0.25) is 9.36 Å². The summed E-state index contributed by atoms with van der Waals surface area (Å²) in [5.74, 6) is 0.598. The van der Waals surface area contributed by atoms with E-state index in [1.54, 1.807) is 25.3 Å². The summed E-state index contributed by atoms with van der Waals surface area (Å²) in [6.45, 7) is 3.79. The number of nitriles is 1. The molecule has 0 fully saturated rings. The van der Waals surface area contributed by atoms with Crippen molar-refractivity contribution in [3.8, 4) is 22.9 Å². The first kappa shape index (κ1) is 20.6. The molecule has 1 aromatic heterocycles. The van der Waals surface area contributed by atoms with Crippen LogP contribution in [0.4, 0.5) is 0 Å². The van der Waals surface area contributed by atoms with Gasteiger partial charge >= 0.3 is 0 Å². The molecule has 0 spiro atoms. The molecule has 0 bridgehead atoms. The number of benzene rings is 2. The fourth-order valence-corrected chi connectivity index (χ4v) is 3.31. The lowest BCUT2D eigenvalue weighted by Gasteiger charge is -2.19. The van der Waals surface area contributed by atoms with Crippen LogP contribution in [0.5, 0.6) is 5.75 Å². The highest BCUT2D eigenvalue weighted by Crippen LogP contribution is 2.32. The molecule has 0 aliphatic rings. The molecule has 1 atom stereocenters. The Morgan fingerprint density at radius 2 is 1.86 bits per heavy atom. The number of fused-ring (bicyclic) bond motifs is 1. The van der Waals surface area contributed by atoms with Crippen molar-refractivity contribution in [3.63, 3.8) is 0 Å². The Morgan fingerprint density at radius 3 is 2.48 bits per heavy atom. The van der Waals surface area contributed by atoms with Crippen molar-refractivity contribution in [2.75, 3.05) is 13.7 Å². The van der Waals surface area contributed by atoms with Gasteiger partial charge in [0, 0.05) is 16.3 Å². The Hall–Kier alpha value is -3.14. The second-order valence-corrected chi connectivity index (χ2v) is 7.06. The van der Waals surface area contributed by atoms with Crippen LogP contribution in [0.2, 0.25) is 0 Å². The number of ether oxygens (including phenoxy) is 2. The van der Waals surface area contributed by atoms with E-state index < -0.39 is 6.10 Å². The molecular formula is C23H24N2O4. The zero-order valence-corrected chi connectivity index (χ0v) is 16.8. The van der Waals surface area contributed by atoms with Gasteiger partial charge in [0.25, 0.3) is 5.56 Å². The first-order valence-corrected chi connectivity index (χ1v) is 9.46. The number of aromatic nitrogens is 1. The molecule has 1 unspecified atom stereocenters. The quantitative estimate of drug-likeness (QED) is 0.667. The molecule has 1 heterocycles. The average Bonchev–Trinajstić information content (AvgIpc) is 2.74. The lowest BCUT2D eigenvalue weighted by Crippen LogP contribution is -2.32. The van der Waals surface area contributed by atoms with E-state index in [1.165, 1.54) is 4.57 Å². The van der Waals surface area contributed by atoms with Crippen molar-refractivity contribution in [1.82, 2.24) is 4.57 Å². The molecule has 0 saturated carbocycles. The van der Waals surface area contributed by atoms with E-state index >= 15 is 0 Å². The molecule has 0 amide bonds. The Balaban J connectivity index is 2.26. The molecule has 1 N–H and O–H groups in total.